The number of nitrogens with zero attached hydrogens (tertiary/aromatic N) is 2. The van der Waals surface area contributed by atoms with E-state index in [0.717, 1.165) is 0 Å². The van der Waals surface area contributed by atoms with E-state index in [4.69, 9.17) is 26.6 Å². The van der Waals surface area contributed by atoms with E-state index in [0.29, 0.717) is 39.3 Å². The average molecular weight is 302 g/mol. The van der Waals surface area contributed by atoms with Crippen molar-refractivity contribution in [1.29, 1.82) is 0 Å². The van der Waals surface area contributed by atoms with Gasteiger partial charge >= 0.3 is 0 Å². The molecule has 0 unspecified atom stereocenters. The van der Waals surface area contributed by atoms with Crippen LogP contribution >= 0.6 is 11.6 Å². The van der Waals surface area contributed by atoms with Crippen LogP contribution in [0.25, 0.3) is 22.8 Å². The zero-order valence-corrected chi connectivity index (χ0v) is 12.0. The number of halogens is 1. The Bertz CT molecular complexity index is 786. The lowest BCUT2D eigenvalue weighted by atomic mass is 10.1. The van der Waals surface area contributed by atoms with Crippen molar-refractivity contribution in [2.75, 3.05) is 12.8 Å². The van der Waals surface area contributed by atoms with Crippen LogP contribution in [0.3, 0.4) is 0 Å². The zero-order valence-electron chi connectivity index (χ0n) is 11.2. The third kappa shape index (κ3) is 2.55. The fourth-order valence-corrected chi connectivity index (χ4v) is 2.17. The molecule has 0 spiro atoms. The standard InChI is InChI=1S/C15H12ClN3O2/c1-20-9-6-7-11(13(17)8-9)15-18-14(19-21-15)10-4-2-3-5-12(10)16/h2-8H,17H2,1H3. The first kappa shape index (κ1) is 13.5. The number of benzene rings is 2. The van der Waals surface area contributed by atoms with Crippen LogP contribution in [0.2, 0.25) is 5.02 Å². The third-order valence-electron chi connectivity index (χ3n) is 3.03. The first-order valence-corrected chi connectivity index (χ1v) is 6.59. The molecular weight excluding hydrogens is 290 g/mol. The molecule has 0 bridgehead atoms. The highest BCUT2D eigenvalue weighted by molar-refractivity contribution is 6.33. The molecule has 0 radical (unpaired) electrons. The van der Waals surface area contributed by atoms with Crippen molar-refractivity contribution in [3.8, 4) is 28.6 Å². The highest BCUT2D eigenvalue weighted by atomic mass is 35.5. The van der Waals surface area contributed by atoms with Crippen molar-refractivity contribution in [2.24, 2.45) is 0 Å². The summed E-state index contributed by atoms with van der Waals surface area (Å²) in [5.41, 5.74) is 7.84. The van der Waals surface area contributed by atoms with E-state index < -0.39 is 0 Å². The van der Waals surface area contributed by atoms with Crippen LogP contribution in [0, 0.1) is 0 Å². The Morgan fingerprint density at radius 1 is 1.14 bits per heavy atom. The van der Waals surface area contributed by atoms with Gasteiger partial charge in [-0.15, -0.1) is 0 Å². The van der Waals surface area contributed by atoms with Gasteiger partial charge < -0.3 is 15.0 Å². The maximum absolute atomic E-state index is 6.12. The molecule has 0 aliphatic carbocycles. The molecule has 3 rings (SSSR count). The highest BCUT2D eigenvalue weighted by Gasteiger charge is 2.15. The largest absolute Gasteiger partial charge is 0.497 e. The van der Waals surface area contributed by atoms with Crippen LogP contribution in [-0.4, -0.2) is 17.3 Å². The van der Waals surface area contributed by atoms with Gasteiger partial charge in [-0.25, -0.2) is 0 Å². The van der Waals surface area contributed by atoms with Gasteiger partial charge in [-0.1, -0.05) is 28.9 Å². The predicted octanol–water partition coefficient (Wildman–Crippen LogP) is 3.65. The minimum Gasteiger partial charge on any atom is -0.497 e. The molecule has 0 atom stereocenters. The molecule has 1 heterocycles. The third-order valence-corrected chi connectivity index (χ3v) is 3.36. The summed E-state index contributed by atoms with van der Waals surface area (Å²) in [4.78, 5) is 4.34. The Hall–Kier alpha value is -2.53. The van der Waals surface area contributed by atoms with Crippen LogP contribution in [0.5, 0.6) is 5.75 Å². The lowest BCUT2D eigenvalue weighted by Gasteiger charge is -2.03. The van der Waals surface area contributed by atoms with Crippen molar-refractivity contribution < 1.29 is 9.26 Å². The second-order valence-electron chi connectivity index (χ2n) is 4.36. The van der Waals surface area contributed by atoms with Crippen molar-refractivity contribution in [2.45, 2.75) is 0 Å². The summed E-state index contributed by atoms with van der Waals surface area (Å²) >= 11 is 6.12. The summed E-state index contributed by atoms with van der Waals surface area (Å²) in [6.07, 6.45) is 0. The predicted molar refractivity (Wildman–Crippen MR) is 81.1 cm³/mol. The molecule has 6 heteroatoms. The molecule has 5 nitrogen and oxygen atoms in total. The normalized spacial score (nSPS) is 10.6. The number of nitrogen functional groups attached to an aromatic ring is 1. The quantitative estimate of drug-likeness (QED) is 0.747. The molecule has 0 aliphatic rings. The van der Waals surface area contributed by atoms with E-state index in [1.165, 1.54) is 0 Å². The highest BCUT2D eigenvalue weighted by Crippen LogP contribution is 2.31. The molecule has 0 saturated heterocycles. The minimum absolute atomic E-state index is 0.338. The lowest BCUT2D eigenvalue weighted by molar-refractivity contribution is 0.414. The van der Waals surface area contributed by atoms with Gasteiger partial charge in [0, 0.05) is 17.3 Å². The smallest absolute Gasteiger partial charge is 0.260 e. The number of hydrogen-bond donors (Lipinski definition) is 1. The summed E-state index contributed by atoms with van der Waals surface area (Å²) in [5, 5.41) is 4.51. The van der Waals surface area contributed by atoms with Gasteiger partial charge in [0.05, 0.1) is 17.7 Å². The molecular formula is C15H12ClN3O2. The molecule has 0 fully saturated rings. The fraction of sp³-hybridized carbons (Fsp3) is 0.0667. The van der Waals surface area contributed by atoms with Gasteiger partial charge in [-0.2, -0.15) is 4.98 Å². The Kier molecular flexibility index (Phi) is 3.50. The molecule has 106 valence electrons. The Labute approximate surface area is 126 Å². The van der Waals surface area contributed by atoms with E-state index in [-0.39, 0.29) is 0 Å². The summed E-state index contributed by atoms with van der Waals surface area (Å²) in [5.74, 6) is 1.43. The van der Waals surface area contributed by atoms with Crippen molar-refractivity contribution in [3.63, 3.8) is 0 Å². The Balaban J connectivity index is 2.01. The first-order valence-electron chi connectivity index (χ1n) is 6.21. The van der Waals surface area contributed by atoms with Crippen molar-refractivity contribution >= 4 is 17.3 Å². The second-order valence-corrected chi connectivity index (χ2v) is 4.76. The van der Waals surface area contributed by atoms with E-state index in [2.05, 4.69) is 10.1 Å². The minimum atomic E-state index is 0.338. The van der Waals surface area contributed by atoms with E-state index in [1.54, 1.807) is 31.4 Å². The van der Waals surface area contributed by atoms with Crippen LogP contribution < -0.4 is 10.5 Å². The second kappa shape index (κ2) is 5.46. The number of methoxy groups -OCH3 is 1. The number of nitrogens with two attached hydrogens (primary N) is 1. The maximum Gasteiger partial charge on any atom is 0.260 e. The number of aromatic nitrogens is 2. The van der Waals surface area contributed by atoms with E-state index in [1.807, 2.05) is 18.2 Å². The number of ether oxygens (including phenoxy) is 1. The van der Waals surface area contributed by atoms with Gasteiger partial charge in [0.1, 0.15) is 5.75 Å². The van der Waals surface area contributed by atoms with E-state index in [9.17, 15) is 0 Å². The number of anilines is 1. The summed E-state index contributed by atoms with van der Waals surface area (Å²) in [6.45, 7) is 0. The van der Waals surface area contributed by atoms with Crippen LogP contribution in [-0.2, 0) is 0 Å². The first-order chi connectivity index (χ1) is 10.2. The van der Waals surface area contributed by atoms with Gasteiger partial charge in [-0.3, -0.25) is 0 Å². The summed E-state index contributed by atoms with van der Waals surface area (Å²) in [6, 6.07) is 12.6. The monoisotopic (exact) mass is 301 g/mol. The van der Waals surface area contributed by atoms with Crippen LogP contribution in [0.1, 0.15) is 0 Å². The Morgan fingerprint density at radius 2 is 1.95 bits per heavy atom. The molecule has 3 aromatic rings. The van der Waals surface area contributed by atoms with Gasteiger partial charge in [0.15, 0.2) is 0 Å². The maximum atomic E-state index is 6.12. The topological polar surface area (TPSA) is 74.2 Å². The summed E-state index contributed by atoms with van der Waals surface area (Å²) in [7, 11) is 1.58. The average Bonchev–Trinajstić information content (AvgIpc) is 2.97. The van der Waals surface area contributed by atoms with Gasteiger partial charge in [0.2, 0.25) is 5.82 Å². The SMILES string of the molecule is COc1ccc(-c2nc(-c3ccccc3Cl)no2)c(N)c1. The molecule has 21 heavy (non-hydrogen) atoms. The van der Waals surface area contributed by atoms with Crippen molar-refractivity contribution in [3.05, 3.63) is 47.5 Å². The molecule has 2 aromatic carbocycles. The zero-order chi connectivity index (χ0) is 14.8. The van der Waals surface area contributed by atoms with Crippen LogP contribution in [0.4, 0.5) is 5.69 Å². The molecule has 0 amide bonds. The van der Waals surface area contributed by atoms with Gasteiger partial charge in [-0.05, 0) is 24.3 Å². The number of hydrogen-bond acceptors (Lipinski definition) is 5. The van der Waals surface area contributed by atoms with Crippen LogP contribution in [0.15, 0.2) is 47.0 Å². The molecule has 1 aromatic heterocycles. The number of rotatable bonds is 3. The van der Waals surface area contributed by atoms with Crippen molar-refractivity contribution in [1.82, 2.24) is 10.1 Å². The molecule has 0 aliphatic heterocycles. The Morgan fingerprint density at radius 3 is 2.67 bits per heavy atom. The van der Waals surface area contributed by atoms with Gasteiger partial charge in [0.25, 0.3) is 5.89 Å². The van der Waals surface area contributed by atoms with E-state index >= 15 is 0 Å². The lowest BCUT2D eigenvalue weighted by Crippen LogP contribution is -1.92. The fourth-order valence-electron chi connectivity index (χ4n) is 1.95. The molecule has 0 saturated carbocycles. The summed E-state index contributed by atoms with van der Waals surface area (Å²) < 4.78 is 10.4. The molecule has 2 N–H and O–H groups in total.